The average molecular weight is 104 g/mol. The monoisotopic (exact) mass is 104 g/mol. The summed E-state index contributed by atoms with van der Waals surface area (Å²) in [6.07, 6.45) is 1.60. The third-order valence-corrected chi connectivity index (χ3v) is 2.23. The molecule has 3 rings (SSSR count). The first-order valence-corrected chi connectivity index (χ1v) is 2.59. The first-order chi connectivity index (χ1) is 3.21. The molecule has 3 aliphatic rings. The zero-order valence-electron chi connectivity index (χ0n) is 3.82. The van der Waals surface area contributed by atoms with E-state index in [0.717, 1.165) is 12.8 Å². The zero-order valence-corrected chi connectivity index (χ0v) is 3.82. The summed E-state index contributed by atoms with van der Waals surface area (Å²) in [6.45, 7) is 0. The summed E-state index contributed by atoms with van der Waals surface area (Å²) in [5.74, 6) is -2.64. The third kappa shape index (κ3) is 0.221. The van der Waals surface area contributed by atoms with Crippen LogP contribution in [0.3, 0.4) is 0 Å². The molecular weight excluding hydrogens is 98.1 g/mol. The number of hydrogen-bond acceptors (Lipinski definition) is 0. The second-order valence-corrected chi connectivity index (χ2v) is 2.54. The minimum Gasteiger partial charge on any atom is -0.206 e. The number of halogens is 2. The lowest BCUT2D eigenvalue weighted by atomic mass is 9.53. The number of rotatable bonds is 0. The highest BCUT2D eigenvalue weighted by molar-refractivity contribution is 5.08. The maximum absolute atomic E-state index is 12.0. The maximum Gasteiger partial charge on any atom is 0.253 e. The van der Waals surface area contributed by atoms with Gasteiger partial charge in [0.1, 0.15) is 0 Å². The van der Waals surface area contributed by atoms with Gasteiger partial charge < -0.3 is 0 Å². The van der Waals surface area contributed by atoms with Crippen molar-refractivity contribution in [2.75, 3.05) is 0 Å². The van der Waals surface area contributed by atoms with E-state index in [9.17, 15) is 8.78 Å². The summed E-state index contributed by atoms with van der Waals surface area (Å²) in [7, 11) is 0. The highest BCUT2D eigenvalue weighted by Crippen LogP contribution is 2.64. The molecule has 3 saturated carbocycles. The van der Waals surface area contributed by atoms with Gasteiger partial charge in [-0.1, -0.05) is 0 Å². The zero-order chi connectivity index (χ0) is 5.07. The van der Waals surface area contributed by atoms with E-state index in [1.54, 1.807) is 0 Å². The third-order valence-electron chi connectivity index (χ3n) is 2.23. The summed E-state index contributed by atoms with van der Waals surface area (Å²) >= 11 is 0. The van der Waals surface area contributed by atoms with Gasteiger partial charge in [0.15, 0.2) is 0 Å². The van der Waals surface area contributed by atoms with E-state index >= 15 is 0 Å². The van der Waals surface area contributed by atoms with Gasteiger partial charge in [-0.3, -0.25) is 0 Å². The van der Waals surface area contributed by atoms with Crippen LogP contribution in [0.25, 0.3) is 0 Å². The molecule has 40 valence electrons. The molecule has 0 aromatic carbocycles. The molecule has 3 fully saturated rings. The van der Waals surface area contributed by atoms with Crippen molar-refractivity contribution in [2.24, 2.45) is 11.8 Å². The topological polar surface area (TPSA) is 0 Å². The van der Waals surface area contributed by atoms with Crippen molar-refractivity contribution in [1.82, 2.24) is 0 Å². The van der Waals surface area contributed by atoms with Crippen molar-refractivity contribution >= 4 is 0 Å². The molecule has 0 amide bonds. The Kier molecular flexibility index (Phi) is 0.392. The van der Waals surface area contributed by atoms with E-state index in [1.165, 1.54) is 0 Å². The quantitative estimate of drug-likeness (QED) is 0.438. The van der Waals surface area contributed by atoms with Gasteiger partial charge in [-0.05, 0) is 12.8 Å². The van der Waals surface area contributed by atoms with E-state index in [-0.39, 0.29) is 11.8 Å². The SMILES string of the molecule is FC1(F)C2CC1C2. The van der Waals surface area contributed by atoms with Crippen LogP contribution in [0.5, 0.6) is 0 Å². The van der Waals surface area contributed by atoms with Gasteiger partial charge >= 0.3 is 0 Å². The van der Waals surface area contributed by atoms with Gasteiger partial charge in [0.25, 0.3) is 5.92 Å². The number of alkyl halides is 2. The maximum atomic E-state index is 12.0. The molecule has 0 nitrogen and oxygen atoms in total. The standard InChI is InChI=1S/C5H6F2/c6-5(7)3-1-4(5)2-3/h3-4H,1-2H2. The molecule has 0 aromatic rings. The molecule has 0 heterocycles. The van der Waals surface area contributed by atoms with E-state index in [4.69, 9.17) is 0 Å². The number of hydrogen-bond donors (Lipinski definition) is 0. The van der Waals surface area contributed by atoms with Gasteiger partial charge in [-0.15, -0.1) is 0 Å². The van der Waals surface area contributed by atoms with E-state index < -0.39 is 5.92 Å². The highest BCUT2D eigenvalue weighted by Gasteiger charge is 2.67. The smallest absolute Gasteiger partial charge is 0.206 e. The summed E-state index contributed by atoms with van der Waals surface area (Å²) < 4.78 is 24.0. The van der Waals surface area contributed by atoms with Crippen LogP contribution in [0.1, 0.15) is 12.8 Å². The summed E-state index contributed by atoms with van der Waals surface area (Å²) in [5, 5.41) is 0. The Balaban J connectivity index is 2.18. The van der Waals surface area contributed by atoms with Gasteiger partial charge in [-0.25, -0.2) is 8.78 Å². The summed E-state index contributed by atoms with van der Waals surface area (Å²) in [4.78, 5) is 0. The van der Waals surface area contributed by atoms with Crippen molar-refractivity contribution in [1.29, 1.82) is 0 Å². The summed E-state index contributed by atoms with van der Waals surface area (Å²) in [5.41, 5.74) is 0. The Bertz CT molecular complexity index is 92.6. The predicted molar refractivity (Wildman–Crippen MR) is 21.2 cm³/mol. The van der Waals surface area contributed by atoms with E-state index in [1.807, 2.05) is 0 Å². The fourth-order valence-electron chi connectivity index (χ4n) is 1.26. The Morgan fingerprint density at radius 1 is 1.14 bits per heavy atom. The molecular formula is C5H6F2. The average Bonchev–Trinajstić information content (AvgIpc) is 1.26. The molecule has 3 aliphatic carbocycles. The second-order valence-electron chi connectivity index (χ2n) is 2.54. The molecule has 2 bridgehead atoms. The van der Waals surface area contributed by atoms with Crippen molar-refractivity contribution in [3.05, 3.63) is 0 Å². The van der Waals surface area contributed by atoms with E-state index in [2.05, 4.69) is 0 Å². The fourth-order valence-corrected chi connectivity index (χ4v) is 1.26. The molecule has 0 radical (unpaired) electrons. The summed E-state index contributed by atoms with van der Waals surface area (Å²) in [6, 6.07) is 0. The Morgan fingerprint density at radius 2 is 1.43 bits per heavy atom. The molecule has 0 spiro atoms. The van der Waals surface area contributed by atoms with Crippen LogP contribution in [0.4, 0.5) is 8.78 Å². The predicted octanol–water partition coefficient (Wildman–Crippen LogP) is 1.66. The van der Waals surface area contributed by atoms with Crippen LogP contribution in [0.15, 0.2) is 0 Å². The van der Waals surface area contributed by atoms with Gasteiger partial charge in [0.05, 0.1) is 0 Å². The minimum atomic E-state index is -2.22. The molecule has 0 aromatic heterocycles. The first kappa shape index (κ1) is 3.81. The van der Waals surface area contributed by atoms with Crippen molar-refractivity contribution < 1.29 is 8.78 Å². The Morgan fingerprint density at radius 3 is 1.43 bits per heavy atom. The van der Waals surface area contributed by atoms with Gasteiger partial charge in [0.2, 0.25) is 0 Å². The lowest BCUT2D eigenvalue weighted by molar-refractivity contribution is -0.278. The molecule has 0 aliphatic heterocycles. The lowest BCUT2D eigenvalue weighted by Gasteiger charge is -2.57. The van der Waals surface area contributed by atoms with E-state index in [0.29, 0.717) is 0 Å². The van der Waals surface area contributed by atoms with Crippen molar-refractivity contribution in [3.63, 3.8) is 0 Å². The second kappa shape index (κ2) is 0.721. The van der Waals surface area contributed by atoms with Crippen LogP contribution < -0.4 is 0 Å². The van der Waals surface area contributed by atoms with Crippen molar-refractivity contribution in [2.45, 2.75) is 18.8 Å². The van der Waals surface area contributed by atoms with Crippen LogP contribution >= 0.6 is 0 Å². The fraction of sp³-hybridized carbons (Fsp3) is 1.00. The normalized spacial score (nSPS) is 52.3. The van der Waals surface area contributed by atoms with Crippen molar-refractivity contribution in [3.8, 4) is 0 Å². The molecule has 0 unspecified atom stereocenters. The van der Waals surface area contributed by atoms with Crippen LogP contribution in [-0.2, 0) is 0 Å². The highest BCUT2D eigenvalue weighted by atomic mass is 19.3. The Labute approximate surface area is 40.5 Å². The molecule has 0 N–H and O–H groups in total. The minimum absolute atomic E-state index is 0.211. The lowest BCUT2D eigenvalue weighted by Crippen LogP contribution is -2.60. The molecule has 7 heavy (non-hydrogen) atoms. The largest absolute Gasteiger partial charge is 0.253 e. The van der Waals surface area contributed by atoms with Gasteiger partial charge in [-0.2, -0.15) is 0 Å². The molecule has 0 atom stereocenters. The van der Waals surface area contributed by atoms with Crippen LogP contribution in [0, 0.1) is 11.8 Å². The Hall–Kier alpha value is -0.140. The first-order valence-electron chi connectivity index (χ1n) is 2.59. The molecule has 2 heteroatoms. The van der Waals surface area contributed by atoms with Gasteiger partial charge in [0, 0.05) is 11.8 Å². The van der Waals surface area contributed by atoms with Crippen LogP contribution in [0.2, 0.25) is 0 Å². The van der Waals surface area contributed by atoms with Crippen LogP contribution in [-0.4, -0.2) is 5.92 Å². The molecule has 0 saturated heterocycles.